The molecule has 1 rings (SSSR count). The van der Waals surface area contributed by atoms with Crippen LogP contribution in [0.5, 0.6) is 0 Å². The molecule has 0 bridgehead atoms. The highest BCUT2D eigenvalue weighted by atomic mass is 14.8. The van der Waals surface area contributed by atoms with E-state index in [0.717, 1.165) is 0 Å². The lowest BCUT2D eigenvalue weighted by molar-refractivity contribution is 0.916. The van der Waals surface area contributed by atoms with Gasteiger partial charge in [-0.15, -0.1) is 0 Å². The molecule has 0 spiro atoms. The average molecular weight is 138 g/mol. The molecule has 4 heteroatoms. The summed E-state index contributed by atoms with van der Waals surface area (Å²) in [7, 11) is 0. The minimum Gasteiger partial charge on any atom is -0.400 e. The van der Waals surface area contributed by atoms with E-state index in [9.17, 15) is 0 Å². The van der Waals surface area contributed by atoms with E-state index in [1.807, 2.05) is 0 Å². The Hall–Kier alpha value is -1.29. The summed E-state index contributed by atoms with van der Waals surface area (Å²) in [5.74, 6) is 0. The lowest BCUT2D eigenvalue weighted by atomic mass is 10.0. The first-order chi connectivity index (χ1) is 4.61. The van der Waals surface area contributed by atoms with Crippen molar-refractivity contribution in [3.8, 4) is 0 Å². The van der Waals surface area contributed by atoms with Crippen molar-refractivity contribution in [1.29, 1.82) is 5.41 Å². The van der Waals surface area contributed by atoms with Gasteiger partial charge in [-0.05, 0) is 12.2 Å². The molecule has 0 fully saturated rings. The summed E-state index contributed by atoms with van der Waals surface area (Å²) in [6.45, 7) is 0. The van der Waals surface area contributed by atoms with Crippen LogP contribution in [0.4, 0.5) is 0 Å². The molecule has 0 saturated carbocycles. The van der Waals surface area contributed by atoms with Gasteiger partial charge in [-0.1, -0.05) is 0 Å². The van der Waals surface area contributed by atoms with E-state index in [4.69, 9.17) is 22.6 Å². The molecule has 1 aliphatic rings. The lowest BCUT2D eigenvalue weighted by Gasteiger charge is -2.14. The van der Waals surface area contributed by atoms with Crippen molar-refractivity contribution in [2.24, 2.45) is 17.2 Å². The smallest absolute Gasteiger partial charge is 0.0784 e. The fraction of sp³-hybridized carbons (Fsp3) is 0.167. The molecule has 0 aromatic heterocycles. The Morgan fingerprint density at radius 1 is 1.40 bits per heavy atom. The zero-order valence-corrected chi connectivity index (χ0v) is 5.46. The predicted molar refractivity (Wildman–Crippen MR) is 40.2 cm³/mol. The van der Waals surface area contributed by atoms with E-state index in [2.05, 4.69) is 0 Å². The summed E-state index contributed by atoms with van der Waals surface area (Å²) in [4.78, 5) is 0. The molecule has 54 valence electrons. The van der Waals surface area contributed by atoms with Gasteiger partial charge in [0.15, 0.2) is 0 Å². The summed E-state index contributed by atoms with van der Waals surface area (Å²) in [6, 6.07) is -0.325. The van der Waals surface area contributed by atoms with Crippen LogP contribution in [0, 0.1) is 5.41 Å². The third-order valence-corrected chi connectivity index (χ3v) is 1.37. The molecule has 0 aromatic rings. The fourth-order valence-corrected chi connectivity index (χ4v) is 0.726. The van der Waals surface area contributed by atoms with E-state index in [1.165, 1.54) is 6.08 Å². The van der Waals surface area contributed by atoms with E-state index in [1.54, 1.807) is 6.08 Å². The Balaban J connectivity index is 2.92. The largest absolute Gasteiger partial charge is 0.400 e. The summed E-state index contributed by atoms with van der Waals surface area (Å²) < 4.78 is 0. The third-order valence-electron chi connectivity index (χ3n) is 1.37. The number of allylic oxidation sites excluding steroid dienone is 1. The maximum absolute atomic E-state index is 7.21. The zero-order valence-electron chi connectivity index (χ0n) is 5.46. The molecular formula is C6H10N4. The molecule has 0 aliphatic heterocycles. The van der Waals surface area contributed by atoms with Crippen molar-refractivity contribution < 1.29 is 0 Å². The monoisotopic (exact) mass is 138 g/mol. The van der Waals surface area contributed by atoms with Gasteiger partial charge in [-0.3, -0.25) is 5.41 Å². The van der Waals surface area contributed by atoms with Gasteiger partial charge in [0.1, 0.15) is 0 Å². The summed E-state index contributed by atoms with van der Waals surface area (Å²) >= 11 is 0. The van der Waals surface area contributed by atoms with Crippen LogP contribution < -0.4 is 17.2 Å². The molecule has 1 atom stereocenters. The first-order valence-corrected chi connectivity index (χ1v) is 2.90. The Kier molecular flexibility index (Phi) is 1.47. The van der Waals surface area contributed by atoms with E-state index >= 15 is 0 Å². The summed E-state index contributed by atoms with van der Waals surface area (Å²) in [6.07, 6.45) is 3.04. The number of hydrogen-bond donors (Lipinski definition) is 4. The maximum atomic E-state index is 7.21. The number of hydrogen-bond acceptors (Lipinski definition) is 4. The Labute approximate surface area is 58.9 Å². The normalized spacial score (nSPS) is 25.7. The molecule has 4 nitrogen and oxygen atoms in total. The van der Waals surface area contributed by atoms with Crippen molar-refractivity contribution in [1.82, 2.24) is 0 Å². The van der Waals surface area contributed by atoms with Gasteiger partial charge in [0.25, 0.3) is 0 Å². The highest BCUT2D eigenvalue weighted by Gasteiger charge is 2.11. The van der Waals surface area contributed by atoms with Crippen LogP contribution in [-0.2, 0) is 0 Å². The minimum absolute atomic E-state index is 0.235. The Morgan fingerprint density at radius 2 is 2.00 bits per heavy atom. The van der Waals surface area contributed by atoms with Crippen LogP contribution in [0.15, 0.2) is 23.5 Å². The molecule has 0 heterocycles. The van der Waals surface area contributed by atoms with Crippen LogP contribution in [-0.4, -0.2) is 11.8 Å². The Morgan fingerprint density at radius 3 is 2.50 bits per heavy atom. The fourth-order valence-electron chi connectivity index (χ4n) is 0.726. The Bertz CT molecular complexity index is 226. The first-order valence-electron chi connectivity index (χ1n) is 2.90. The van der Waals surface area contributed by atoms with Crippen LogP contribution in [0.25, 0.3) is 0 Å². The highest BCUT2D eigenvalue weighted by molar-refractivity contribution is 6.07. The number of nitrogens with one attached hydrogen (secondary N) is 1. The van der Waals surface area contributed by atoms with Gasteiger partial charge in [0.2, 0.25) is 0 Å². The second kappa shape index (κ2) is 2.15. The second-order valence-electron chi connectivity index (χ2n) is 2.21. The van der Waals surface area contributed by atoms with Gasteiger partial charge in [0, 0.05) is 5.70 Å². The van der Waals surface area contributed by atoms with Gasteiger partial charge < -0.3 is 17.2 Å². The zero-order chi connectivity index (χ0) is 7.72. The summed E-state index contributed by atoms with van der Waals surface area (Å²) in [5.41, 5.74) is 17.4. The molecular weight excluding hydrogens is 128 g/mol. The molecule has 1 aliphatic carbocycles. The molecule has 0 saturated heterocycles. The summed E-state index contributed by atoms with van der Waals surface area (Å²) in [5, 5.41) is 7.21. The number of nitrogens with two attached hydrogens (primary N) is 3. The average Bonchev–Trinajstić information content (AvgIpc) is 1.84. The van der Waals surface area contributed by atoms with Crippen molar-refractivity contribution in [3.63, 3.8) is 0 Å². The molecule has 7 N–H and O–H groups in total. The van der Waals surface area contributed by atoms with E-state index < -0.39 is 0 Å². The molecule has 0 aromatic carbocycles. The van der Waals surface area contributed by atoms with E-state index in [-0.39, 0.29) is 11.8 Å². The van der Waals surface area contributed by atoms with E-state index in [0.29, 0.717) is 11.4 Å². The van der Waals surface area contributed by atoms with Crippen molar-refractivity contribution >= 4 is 5.71 Å². The maximum Gasteiger partial charge on any atom is 0.0784 e. The molecule has 0 amide bonds. The SMILES string of the molecule is N=C1C=C(N)C(N)C=C1N. The molecule has 0 radical (unpaired) electrons. The molecule has 1 unspecified atom stereocenters. The quantitative estimate of drug-likeness (QED) is 0.346. The molecule has 10 heavy (non-hydrogen) atoms. The second-order valence-corrected chi connectivity index (χ2v) is 2.21. The standard InChI is InChI=1S/C6H10N4/c7-3-1-4(8)6(10)2-5(3)9/h1-3,10H,7-9H2. The van der Waals surface area contributed by atoms with Gasteiger partial charge in [0.05, 0.1) is 17.5 Å². The van der Waals surface area contributed by atoms with Gasteiger partial charge in [-0.25, -0.2) is 0 Å². The van der Waals surface area contributed by atoms with Crippen molar-refractivity contribution in [3.05, 3.63) is 23.5 Å². The van der Waals surface area contributed by atoms with Gasteiger partial charge in [-0.2, -0.15) is 0 Å². The predicted octanol–water partition coefficient (Wildman–Crippen LogP) is -0.968. The van der Waals surface area contributed by atoms with Crippen molar-refractivity contribution in [2.75, 3.05) is 0 Å². The lowest BCUT2D eigenvalue weighted by Crippen LogP contribution is -2.31. The van der Waals surface area contributed by atoms with Crippen LogP contribution in [0.2, 0.25) is 0 Å². The van der Waals surface area contributed by atoms with Crippen molar-refractivity contribution in [2.45, 2.75) is 6.04 Å². The van der Waals surface area contributed by atoms with Crippen LogP contribution in [0.1, 0.15) is 0 Å². The first kappa shape index (κ1) is 6.82. The highest BCUT2D eigenvalue weighted by Crippen LogP contribution is 2.05. The van der Waals surface area contributed by atoms with Crippen LogP contribution >= 0.6 is 0 Å². The van der Waals surface area contributed by atoms with Gasteiger partial charge >= 0.3 is 0 Å². The number of rotatable bonds is 0. The minimum atomic E-state index is -0.325. The third kappa shape index (κ3) is 1.01. The van der Waals surface area contributed by atoms with Crippen LogP contribution in [0.3, 0.4) is 0 Å². The topological polar surface area (TPSA) is 102 Å².